The highest BCUT2D eigenvalue weighted by atomic mass is 79.9. The molecule has 1 fully saturated rings. The average molecular weight is 298 g/mol. The molecular formula is C14H20BrNO. The highest BCUT2D eigenvalue weighted by Gasteiger charge is 2.23. The van der Waals surface area contributed by atoms with Gasteiger partial charge in [0.15, 0.2) is 0 Å². The number of aliphatic hydroxyl groups excluding tert-OH is 1. The van der Waals surface area contributed by atoms with Crippen LogP contribution in [0.4, 0.5) is 5.69 Å². The first kappa shape index (κ1) is 12.9. The van der Waals surface area contributed by atoms with Gasteiger partial charge in [-0.05, 0) is 48.9 Å². The van der Waals surface area contributed by atoms with Crippen LogP contribution in [-0.2, 0) is 0 Å². The van der Waals surface area contributed by atoms with Crippen molar-refractivity contribution in [3.8, 4) is 0 Å². The molecule has 0 spiro atoms. The van der Waals surface area contributed by atoms with Crippen LogP contribution in [0.5, 0.6) is 0 Å². The lowest BCUT2D eigenvalue weighted by Gasteiger charge is -2.30. The Hall–Kier alpha value is -0.540. The largest absolute Gasteiger partial charge is 0.396 e. The van der Waals surface area contributed by atoms with Gasteiger partial charge in [-0.3, -0.25) is 0 Å². The van der Waals surface area contributed by atoms with Gasteiger partial charge in [0.25, 0.3) is 0 Å². The molecule has 1 saturated carbocycles. The second-order valence-corrected chi connectivity index (χ2v) is 5.79. The fourth-order valence-electron chi connectivity index (χ4n) is 2.61. The summed E-state index contributed by atoms with van der Waals surface area (Å²) in [7, 11) is 0. The summed E-state index contributed by atoms with van der Waals surface area (Å²) in [5, 5.41) is 12.8. The van der Waals surface area contributed by atoms with E-state index in [0.717, 1.165) is 16.7 Å². The standard InChI is InChI=1S/C14H20BrNO/c15-13-5-7-14(8-6-13)16-9-11-3-1-2-4-12(11)10-17/h5-8,11-12,16-17H,1-4,9-10H2. The first-order valence-corrected chi connectivity index (χ1v) is 7.19. The average Bonchev–Trinajstić information content (AvgIpc) is 2.38. The minimum atomic E-state index is 0.340. The van der Waals surface area contributed by atoms with E-state index in [1.165, 1.54) is 25.7 Å². The lowest BCUT2D eigenvalue weighted by molar-refractivity contribution is 0.141. The summed E-state index contributed by atoms with van der Waals surface area (Å²) in [6.45, 7) is 1.32. The van der Waals surface area contributed by atoms with Gasteiger partial charge < -0.3 is 10.4 Å². The molecule has 2 unspecified atom stereocenters. The second-order valence-electron chi connectivity index (χ2n) is 4.87. The Kier molecular flexibility index (Phi) is 4.86. The molecule has 0 saturated heterocycles. The van der Waals surface area contributed by atoms with Crippen molar-refractivity contribution in [2.24, 2.45) is 11.8 Å². The molecule has 1 aliphatic carbocycles. The third-order valence-electron chi connectivity index (χ3n) is 3.71. The van der Waals surface area contributed by atoms with Crippen LogP contribution in [0.15, 0.2) is 28.7 Å². The number of anilines is 1. The molecule has 0 radical (unpaired) electrons. The Morgan fingerprint density at radius 2 is 1.76 bits per heavy atom. The monoisotopic (exact) mass is 297 g/mol. The molecule has 0 heterocycles. The number of nitrogens with one attached hydrogen (secondary N) is 1. The summed E-state index contributed by atoms with van der Waals surface area (Å²) in [5.41, 5.74) is 1.16. The molecule has 0 aliphatic heterocycles. The summed E-state index contributed by atoms with van der Waals surface area (Å²) < 4.78 is 1.11. The lowest BCUT2D eigenvalue weighted by Crippen LogP contribution is -2.28. The molecule has 1 aromatic rings. The van der Waals surface area contributed by atoms with Gasteiger partial charge in [-0.1, -0.05) is 28.8 Å². The van der Waals surface area contributed by atoms with Crippen LogP contribution in [0.3, 0.4) is 0 Å². The molecule has 2 nitrogen and oxygen atoms in total. The van der Waals surface area contributed by atoms with E-state index in [1.807, 2.05) is 12.1 Å². The predicted octanol–water partition coefficient (Wildman–Crippen LogP) is 3.66. The highest BCUT2D eigenvalue weighted by molar-refractivity contribution is 9.10. The minimum Gasteiger partial charge on any atom is -0.396 e. The van der Waals surface area contributed by atoms with Crippen molar-refractivity contribution in [1.82, 2.24) is 0 Å². The number of hydrogen-bond acceptors (Lipinski definition) is 2. The number of halogens is 1. The van der Waals surface area contributed by atoms with Gasteiger partial charge in [0.2, 0.25) is 0 Å². The van der Waals surface area contributed by atoms with E-state index in [4.69, 9.17) is 0 Å². The smallest absolute Gasteiger partial charge is 0.0462 e. The molecule has 17 heavy (non-hydrogen) atoms. The third kappa shape index (κ3) is 3.71. The van der Waals surface area contributed by atoms with E-state index in [-0.39, 0.29) is 0 Å². The van der Waals surface area contributed by atoms with Gasteiger partial charge in [-0.15, -0.1) is 0 Å². The molecule has 3 heteroatoms. The summed E-state index contributed by atoms with van der Waals surface area (Å²) in [5.74, 6) is 1.11. The van der Waals surface area contributed by atoms with Crippen molar-refractivity contribution >= 4 is 21.6 Å². The van der Waals surface area contributed by atoms with E-state index in [2.05, 4.69) is 33.4 Å². The van der Waals surface area contributed by atoms with Crippen LogP contribution < -0.4 is 5.32 Å². The first-order valence-electron chi connectivity index (χ1n) is 6.40. The van der Waals surface area contributed by atoms with Crippen molar-refractivity contribution in [2.45, 2.75) is 25.7 Å². The van der Waals surface area contributed by atoms with Gasteiger partial charge in [-0.2, -0.15) is 0 Å². The van der Waals surface area contributed by atoms with Gasteiger partial charge in [0.05, 0.1) is 0 Å². The number of aliphatic hydroxyl groups is 1. The molecule has 0 bridgehead atoms. The number of hydrogen-bond donors (Lipinski definition) is 2. The van der Waals surface area contributed by atoms with Crippen molar-refractivity contribution in [3.63, 3.8) is 0 Å². The SMILES string of the molecule is OCC1CCCCC1CNc1ccc(Br)cc1. The van der Waals surface area contributed by atoms with Gasteiger partial charge in [0, 0.05) is 23.3 Å². The maximum Gasteiger partial charge on any atom is 0.0462 e. The minimum absolute atomic E-state index is 0.340. The fourth-order valence-corrected chi connectivity index (χ4v) is 2.87. The summed E-state index contributed by atoms with van der Waals surface area (Å²) in [6, 6.07) is 8.27. The summed E-state index contributed by atoms with van der Waals surface area (Å²) in [4.78, 5) is 0. The lowest BCUT2D eigenvalue weighted by atomic mass is 9.79. The molecule has 1 aromatic carbocycles. The van der Waals surface area contributed by atoms with Gasteiger partial charge >= 0.3 is 0 Å². The van der Waals surface area contributed by atoms with E-state index in [9.17, 15) is 5.11 Å². The Morgan fingerprint density at radius 3 is 2.41 bits per heavy atom. The van der Waals surface area contributed by atoms with E-state index in [0.29, 0.717) is 18.4 Å². The van der Waals surface area contributed by atoms with Crippen molar-refractivity contribution in [1.29, 1.82) is 0 Å². The predicted molar refractivity (Wildman–Crippen MR) is 75.2 cm³/mol. The molecular weight excluding hydrogens is 278 g/mol. The van der Waals surface area contributed by atoms with Crippen LogP contribution >= 0.6 is 15.9 Å². The Labute approximate surface area is 112 Å². The molecule has 0 aromatic heterocycles. The maximum atomic E-state index is 9.36. The van der Waals surface area contributed by atoms with E-state index < -0.39 is 0 Å². The zero-order valence-corrected chi connectivity index (χ0v) is 11.6. The zero-order chi connectivity index (χ0) is 12.1. The molecule has 2 rings (SSSR count). The van der Waals surface area contributed by atoms with Crippen LogP contribution in [0.1, 0.15) is 25.7 Å². The summed E-state index contributed by atoms with van der Waals surface area (Å²) in [6.07, 6.45) is 5.02. The van der Waals surface area contributed by atoms with Crippen LogP contribution in [0, 0.1) is 11.8 Å². The Balaban J connectivity index is 1.86. The quantitative estimate of drug-likeness (QED) is 0.889. The van der Waals surface area contributed by atoms with E-state index >= 15 is 0 Å². The second kappa shape index (κ2) is 6.41. The van der Waals surface area contributed by atoms with Crippen molar-refractivity contribution in [2.75, 3.05) is 18.5 Å². The van der Waals surface area contributed by atoms with Crippen molar-refractivity contribution < 1.29 is 5.11 Å². The van der Waals surface area contributed by atoms with E-state index in [1.54, 1.807) is 0 Å². The topological polar surface area (TPSA) is 32.3 Å². The normalized spacial score (nSPS) is 24.6. The molecule has 2 N–H and O–H groups in total. The highest BCUT2D eigenvalue weighted by Crippen LogP contribution is 2.29. The molecule has 2 atom stereocenters. The molecule has 94 valence electrons. The number of rotatable bonds is 4. The fraction of sp³-hybridized carbons (Fsp3) is 0.571. The van der Waals surface area contributed by atoms with Crippen LogP contribution in [-0.4, -0.2) is 18.3 Å². The van der Waals surface area contributed by atoms with Crippen LogP contribution in [0.2, 0.25) is 0 Å². The summed E-state index contributed by atoms with van der Waals surface area (Å²) >= 11 is 3.43. The molecule has 1 aliphatic rings. The maximum absolute atomic E-state index is 9.36. The third-order valence-corrected chi connectivity index (χ3v) is 4.24. The van der Waals surface area contributed by atoms with Crippen LogP contribution in [0.25, 0.3) is 0 Å². The van der Waals surface area contributed by atoms with Crippen molar-refractivity contribution in [3.05, 3.63) is 28.7 Å². The van der Waals surface area contributed by atoms with Gasteiger partial charge in [0.1, 0.15) is 0 Å². The Bertz CT molecular complexity index is 339. The number of benzene rings is 1. The zero-order valence-electron chi connectivity index (χ0n) is 10.0. The molecule has 0 amide bonds. The van der Waals surface area contributed by atoms with Gasteiger partial charge in [-0.25, -0.2) is 0 Å². The Morgan fingerprint density at radius 1 is 1.12 bits per heavy atom. The first-order chi connectivity index (χ1) is 8.29.